The fourth-order valence-corrected chi connectivity index (χ4v) is 4.84. The lowest BCUT2D eigenvalue weighted by Crippen LogP contribution is -2.45. The molecule has 1 N–H and O–H groups in total. The summed E-state index contributed by atoms with van der Waals surface area (Å²) < 4.78 is 32.1. The summed E-state index contributed by atoms with van der Waals surface area (Å²) in [6, 6.07) is 24.0. The SMILES string of the molecule is COc1cc([C@@H](C(=O)NCc2ccccc2)N(C(=O)Cn2nnc3ccccc32)c2ccc(F)cc2)cc(OC)c1OC. The molecule has 0 fully saturated rings. The number of anilines is 1. The molecule has 220 valence electrons. The van der Waals surface area contributed by atoms with E-state index in [1.165, 1.54) is 55.2 Å². The lowest BCUT2D eigenvalue weighted by Gasteiger charge is -2.32. The number of para-hydroxylation sites is 1. The summed E-state index contributed by atoms with van der Waals surface area (Å²) >= 11 is 0. The highest BCUT2D eigenvalue weighted by atomic mass is 19.1. The molecule has 1 heterocycles. The molecule has 5 aromatic rings. The van der Waals surface area contributed by atoms with Crippen LogP contribution in [0, 0.1) is 5.82 Å². The van der Waals surface area contributed by atoms with Gasteiger partial charge in [0.25, 0.3) is 0 Å². The molecule has 4 aromatic carbocycles. The fourth-order valence-electron chi connectivity index (χ4n) is 4.84. The molecule has 0 saturated carbocycles. The standard InChI is InChI=1S/C32H30FN5O5/c1-41-27-17-22(18-28(42-2)31(27)43-3)30(32(40)34-19-21-9-5-4-6-10-21)38(24-15-13-23(33)14-16-24)29(39)20-37-26-12-8-7-11-25(26)35-36-37/h4-18,30H,19-20H2,1-3H3,(H,34,40)/t30-/m0/s1. The highest BCUT2D eigenvalue weighted by Crippen LogP contribution is 2.41. The van der Waals surface area contributed by atoms with Crippen LogP contribution >= 0.6 is 0 Å². The van der Waals surface area contributed by atoms with E-state index < -0.39 is 23.7 Å². The van der Waals surface area contributed by atoms with Gasteiger partial charge in [0.05, 0.1) is 26.8 Å². The van der Waals surface area contributed by atoms with E-state index in [1.54, 1.807) is 24.3 Å². The quantitative estimate of drug-likeness (QED) is 0.240. The first-order chi connectivity index (χ1) is 20.9. The largest absolute Gasteiger partial charge is 0.493 e. The Morgan fingerprint density at radius 3 is 2.19 bits per heavy atom. The molecule has 10 nitrogen and oxygen atoms in total. The molecule has 1 aromatic heterocycles. The van der Waals surface area contributed by atoms with E-state index in [2.05, 4.69) is 15.6 Å². The van der Waals surface area contributed by atoms with Gasteiger partial charge in [-0.3, -0.25) is 14.5 Å². The van der Waals surface area contributed by atoms with E-state index in [0.717, 1.165) is 5.56 Å². The van der Waals surface area contributed by atoms with Crippen LogP contribution in [0.5, 0.6) is 17.2 Å². The zero-order chi connectivity index (χ0) is 30.3. The number of hydrogen-bond acceptors (Lipinski definition) is 7. The number of hydrogen-bond donors (Lipinski definition) is 1. The number of fused-ring (bicyclic) bond motifs is 1. The van der Waals surface area contributed by atoms with Crippen molar-refractivity contribution in [2.24, 2.45) is 0 Å². The van der Waals surface area contributed by atoms with Crippen LogP contribution in [0.2, 0.25) is 0 Å². The molecule has 1 atom stereocenters. The van der Waals surface area contributed by atoms with Gasteiger partial charge in [0.1, 0.15) is 23.9 Å². The number of aromatic nitrogens is 3. The topological polar surface area (TPSA) is 108 Å². The minimum atomic E-state index is -1.23. The summed E-state index contributed by atoms with van der Waals surface area (Å²) in [7, 11) is 4.40. The minimum Gasteiger partial charge on any atom is -0.493 e. The average Bonchev–Trinajstić information content (AvgIpc) is 3.45. The van der Waals surface area contributed by atoms with Gasteiger partial charge in [0.2, 0.25) is 17.6 Å². The van der Waals surface area contributed by atoms with Crippen LogP contribution in [0.15, 0.2) is 91.0 Å². The normalized spacial score (nSPS) is 11.5. The molecule has 0 aliphatic heterocycles. The third kappa shape index (κ3) is 6.25. The number of nitrogens with zero attached hydrogens (tertiary/aromatic N) is 4. The van der Waals surface area contributed by atoms with Crippen molar-refractivity contribution in [3.05, 3.63) is 108 Å². The fraction of sp³-hybridized carbons (Fsp3) is 0.188. The second-order valence-electron chi connectivity index (χ2n) is 9.54. The summed E-state index contributed by atoms with van der Waals surface area (Å²) in [5.74, 6) is -0.546. The summed E-state index contributed by atoms with van der Waals surface area (Å²) in [5.41, 5.74) is 2.80. The van der Waals surface area contributed by atoms with E-state index in [4.69, 9.17) is 14.2 Å². The van der Waals surface area contributed by atoms with Gasteiger partial charge in [-0.05, 0) is 59.7 Å². The molecular weight excluding hydrogens is 553 g/mol. The number of carbonyl (C=O) groups excluding carboxylic acids is 2. The Balaban J connectivity index is 1.63. The van der Waals surface area contributed by atoms with Crippen LogP contribution in [0.3, 0.4) is 0 Å². The molecule has 0 saturated heterocycles. The number of methoxy groups -OCH3 is 3. The van der Waals surface area contributed by atoms with Crippen LogP contribution in [0.4, 0.5) is 10.1 Å². The van der Waals surface area contributed by atoms with Gasteiger partial charge in [0, 0.05) is 12.2 Å². The average molecular weight is 584 g/mol. The maximum Gasteiger partial charge on any atom is 0.249 e. The summed E-state index contributed by atoms with van der Waals surface area (Å²) in [4.78, 5) is 29.7. The number of rotatable bonds is 11. The van der Waals surface area contributed by atoms with Crippen molar-refractivity contribution in [3.63, 3.8) is 0 Å². The Hall–Kier alpha value is -5.45. The third-order valence-electron chi connectivity index (χ3n) is 6.90. The molecule has 0 radical (unpaired) electrons. The maximum absolute atomic E-state index is 14.2. The van der Waals surface area contributed by atoms with E-state index >= 15 is 0 Å². The predicted molar refractivity (Wildman–Crippen MR) is 159 cm³/mol. The molecule has 0 bridgehead atoms. The van der Waals surface area contributed by atoms with Crippen molar-refractivity contribution in [2.75, 3.05) is 26.2 Å². The molecule has 2 amide bonds. The van der Waals surface area contributed by atoms with Gasteiger partial charge in [-0.25, -0.2) is 9.07 Å². The Morgan fingerprint density at radius 2 is 1.53 bits per heavy atom. The number of benzene rings is 4. The van der Waals surface area contributed by atoms with Crippen molar-refractivity contribution < 1.29 is 28.2 Å². The Morgan fingerprint density at radius 1 is 0.884 bits per heavy atom. The smallest absolute Gasteiger partial charge is 0.249 e. The van der Waals surface area contributed by atoms with E-state index in [-0.39, 0.29) is 13.1 Å². The Bertz CT molecular complexity index is 1700. The minimum absolute atomic E-state index is 0.208. The number of nitrogens with one attached hydrogen (secondary N) is 1. The van der Waals surface area contributed by atoms with Gasteiger partial charge < -0.3 is 19.5 Å². The maximum atomic E-state index is 14.2. The molecule has 0 spiro atoms. The third-order valence-corrected chi connectivity index (χ3v) is 6.90. The lowest BCUT2D eigenvalue weighted by atomic mass is 10.0. The van der Waals surface area contributed by atoms with Gasteiger partial charge in [0.15, 0.2) is 11.5 Å². The van der Waals surface area contributed by atoms with Gasteiger partial charge in [-0.1, -0.05) is 47.7 Å². The number of ether oxygens (including phenoxy) is 3. The first-order valence-corrected chi connectivity index (χ1v) is 13.4. The van der Waals surface area contributed by atoms with E-state index in [1.807, 2.05) is 42.5 Å². The molecule has 0 aliphatic carbocycles. The highest BCUT2D eigenvalue weighted by Gasteiger charge is 2.35. The second-order valence-corrected chi connectivity index (χ2v) is 9.54. The monoisotopic (exact) mass is 583 g/mol. The van der Waals surface area contributed by atoms with Crippen molar-refractivity contribution in [2.45, 2.75) is 19.1 Å². The molecular formula is C32H30FN5O5. The van der Waals surface area contributed by atoms with Crippen LogP contribution in [-0.2, 0) is 22.7 Å². The van der Waals surface area contributed by atoms with Crippen LogP contribution in [0.1, 0.15) is 17.2 Å². The van der Waals surface area contributed by atoms with E-state index in [9.17, 15) is 14.0 Å². The molecule has 11 heteroatoms. The Kier molecular flexibility index (Phi) is 8.80. The number of halogens is 1. The predicted octanol–water partition coefficient (Wildman–Crippen LogP) is 4.69. The number of carbonyl (C=O) groups is 2. The van der Waals surface area contributed by atoms with Crippen molar-refractivity contribution in [1.29, 1.82) is 0 Å². The highest BCUT2D eigenvalue weighted by molar-refractivity contribution is 6.01. The van der Waals surface area contributed by atoms with Crippen molar-refractivity contribution in [1.82, 2.24) is 20.3 Å². The molecule has 0 unspecified atom stereocenters. The Labute approximate surface area is 247 Å². The summed E-state index contributed by atoms with van der Waals surface area (Å²) in [6.45, 7) is -0.0372. The van der Waals surface area contributed by atoms with Crippen LogP contribution in [0.25, 0.3) is 11.0 Å². The molecule has 43 heavy (non-hydrogen) atoms. The van der Waals surface area contributed by atoms with Crippen molar-refractivity contribution >= 4 is 28.5 Å². The van der Waals surface area contributed by atoms with Gasteiger partial charge in [-0.15, -0.1) is 5.10 Å². The molecule has 0 aliphatic rings. The first-order valence-electron chi connectivity index (χ1n) is 13.4. The van der Waals surface area contributed by atoms with Gasteiger partial charge in [-0.2, -0.15) is 0 Å². The number of amides is 2. The first kappa shape index (κ1) is 29.1. The van der Waals surface area contributed by atoms with Crippen LogP contribution in [-0.4, -0.2) is 48.1 Å². The summed E-state index contributed by atoms with van der Waals surface area (Å²) in [5, 5.41) is 11.3. The lowest BCUT2D eigenvalue weighted by molar-refractivity contribution is -0.127. The zero-order valence-electron chi connectivity index (χ0n) is 23.9. The summed E-state index contributed by atoms with van der Waals surface area (Å²) in [6.07, 6.45) is 0. The van der Waals surface area contributed by atoms with Crippen molar-refractivity contribution in [3.8, 4) is 17.2 Å². The van der Waals surface area contributed by atoms with Gasteiger partial charge >= 0.3 is 0 Å². The second kappa shape index (κ2) is 13.0. The van der Waals surface area contributed by atoms with Crippen LogP contribution < -0.4 is 24.4 Å². The molecule has 5 rings (SSSR count). The zero-order valence-corrected chi connectivity index (χ0v) is 23.9. The van der Waals surface area contributed by atoms with E-state index in [0.29, 0.717) is 39.5 Å².